The van der Waals surface area contributed by atoms with E-state index in [4.69, 9.17) is 0 Å². The Balaban J connectivity index is 1.48. The lowest BCUT2D eigenvalue weighted by molar-refractivity contribution is -0.133. The highest BCUT2D eigenvalue weighted by atomic mass is 16.2. The predicted molar refractivity (Wildman–Crippen MR) is 75.9 cm³/mol. The molecule has 2 aliphatic heterocycles. The quantitative estimate of drug-likeness (QED) is 0.824. The van der Waals surface area contributed by atoms with Gasteiger partial charge in [0.25, 0.3) is 0 Å². The van der Waals surface area contributed by atoms with Crippen LogP contribution in [0.5, 0.6) is 0 Å². The van der Waals surface area contributed by atoms with Gasteiger partial charge in [0.15, 0.2) is 0 Å². The van der Waals surface area contributed by atoms with Crippen LogP contribution in [0, 0.1) is 11.8 Å². The predicted octanol–water partition coefficient (Wildman–Crippen LogP) is 0.929. The highest BCUT2D eigenvalue weighted by Gasteiger charge is 2.37. The molecule has 0 radical (unpaired) electrons. The molecule has 1 aliphatic carbocycles. The van der Waals surface area contributed by atoms with Gasteiger partial charge in [0.2, 0.25) is 5.91 Å². The first-order chi connectivity index (χ1) is 9.24. The monoisotopic (exact) mass is 265 g/mol. The number of amides is 1. The van der Waals surface area contributed by atoms with Crippen molar-refractivity contribution in [3.05, 3.63) is 0 Å². The molecule has 2 heterocycles. The van der Waals surface area contributed by atoms with Crippen LogP contribution in [0.1, 0.15) is 32.1 Å². The van der Waals surface area contributed by atoms with E-state index in [9.17, 15) is 4.79 Å². The standard InChI is InChI=1S/C15H27N3O/c1-17(14-5-3-2-4-6-14)15(19)11-18-9-12-7-16-8-13(12)10-18/h12-14,16H,2-11H2,1H3/t12-,13+. The number of rotatable bonds is 3. The SMILES string of the molecule is CN(C(=O)CN1C[C@H]2CNC[C@H]2C1)C1CCCCC1. The van der Waals surface area contributed by atoms with E-state index < -0.39 is 0 Å². The Bertz CT molecular complexity index is 315. The minimum atomic E-state index is 0.333. The van der Waals surface area contributed by atoms with E-state index in [0.717, 1.165) is 38.0 Å². The zero-order valence-corrected chi connectivity index (χ0v) is 12.1. The molecule has 2 saturated heterocycles. The lowest BCUT2D eigenvalue weighted by atomic mass is 9.94. The molecule has 3 aliphatic rings. The lowest BCUT2D eigenvalue weighted by Gasteiger charge is -2.32. The molecule has 0 aromatic carbocycles. The number of nitrogens with zero attached hydrogens (tertiary/aromatic N) is 2. The van der Waals surface area contributed by atoms with Crippen LogP contribution < -0.4 is 5.32 Å². The van der Waals surface area contributed by atoms with Gasteiger partial charge in [-0.2, -0.15) is 0 Å². The Labute approximate surface area is 116 Å². The fourth-order valence-corrected chi connectivity index (χ4v) is 4.06. The zero-order chi connectivity index (χ0) is 13.2. The number of hydrogen-bond acceptors (Lipinski definition) is 3. The fraction of sp³-hybridized carbons (Fsp3) is 0.933. The summed E-state index contributed by atoms with van der Waals surface area (Å²) in [6.07, 6.45) is 6.35. The first-order valence-corrected chi connectivity index (χ1v) is 7.93. The number of likely N-dealkylation sites (tertiary alicyclic amines) is 1. The minimum Gasteiger partial charge on any atom is -0.342 e. The molecule has 0 unspecified atom stereocenters. The van der Waals surface area contributed by atoms with Crippen LogP contribution in [0.3, 0.4) is 0 Å². The van der Waals surface area contributed by atoms with E-state index in [1.54, 1.807) is 0 Å². The van der Waals surface area contributed by atoms with Crippen molar-refractivity contribution < 1.29 is 4.79 Å². The van der Waals surface area contributed by atoms with Crippen LogP contribution in [0.25, 0.3) is 0 Å². The molecule has 1 saturated carbocycles. The summed E-state index contributed by atoms with van der Waals surface area (Å²) in [6.45, 7) is 5.16. The van der Waals surface area contributed by atoms with Crippen molar-refractivity contribution in [1.82, 2.24) is 15.1 Å². The fourth-order valence-electron chi connectivity index (χ4n) is 4.06. The number of likely N-dealkylation sites (N-methyl/N-ethyl adjacent to an activating group) is 1. The van der Waals surface area contributed by atoms with E-state index in [0.29, 0.717) is 18.5 Å². The van der Waals surface area contributed by atoms with Gasteiger partial charge in [-0.3, -0.25) is 9.69 Å². The molecule has 0 spiro atoms. The summed E-state index contributed by atoms with van der Waals surface area (Å²) < 4.78 is 0. The van der Waals surface area contributed by atoms with Gasteiger partial charge in [0.05, 0.1) is 6.54 Å². The second-order valence-electron chi connectivity index (χ2n) is 6.67. The van der Waals surface area contributed by atoms with E-state index in [1.807, 2.05) is 11.9 Å². The summed E-state index contributed by atoms with van der Waals surface area (Å²) in [4.78, 5) is 16.8. The van der Waals surface area contributed by atoms with Crippen molar-refractivity contribution in [2.24, 2.45) is 11.8 Å². The molecule has 0 bridgehead atoms. The van der Waals surface area contributed by atoms with Crippen LogP contribution >= 0.6 is 0 Å². The molecule has 2 atom stereocenters. The average molecular weight is 265 g/mol. The van der Waals surface area contributed by atoms with Crippen molar-refractivity contribution in [3.8, 4) is 0 Å². The molecule has 4 heteroatoms. The van der Waals surface area contributed by atoms with Crippen LogP contribution in [-0.4, -0.2) is 61.5 Å². The van der Waals surface area contributed by atoms with E-state index in [2.05, 4.69) is 10.2 Å². The third-order valence-corrected chi connectivity index (χ3v) is 5.34. The van der Waals surface area contributed by atoms with Gasteiger partial charge in [-0.25, -0.2) is 0 Å². The van der Waals surface area contributed by atoms with Gasteiger partial charge in [-0.15, -0.1) is 0 Å². The first-order valence-electron chi connectivity index (χ1n) is 7.93. The second-order valence-corrected chi connectivity index (χ2v) is 6.67. The van der Waals surface area contributed by atoms with Gasteiger partial charge in [0.1, 0.15) is 0 Å². The van der Waals surface area contributed by atoms with Crippen molar-refractivity contribution in [2.75, 3.05) is 39.8 Å². The van der Waals surface area contributed by atoms with Crippen molar-refractivity contribution in [1.29, 1.82) is 0 Å². The summed E-state index contributed by atoms with van der Waals surface area (Å²) in [6, 6.07) is 0.505. The number of carbonyl (C=O) groups is 1. The van der Waals surface area contributed by atoms with Gasteiger partial charge in [0, 0.05) is 26.2 Å². The summed E-state index contributed by atoms with van der Waals surface area (Å²) in [5.41, 5.74) is 0. The lowest BCUT2D eigenvalue weighted by Crippen LogP contribution is -2.44. The number of fused-ring (bicyclic) bond motifs is 1. The minimum absolute atomic E-state index is 0.333. The Morgan fingerprint density at radius 3 is 2.42 bits per heavy atom. The summed E-state index contributed by atoms with van der Waals surface area (Å²) in [5.74, 6) is 1.90. The molecule has 3 rings (SSSR count). The van der Waals surface area contributed by atoms with Crippen LogP contribution in [-0.2, 0) is 4.79 Å². The molecule has 0 aromatic rings. The smallest absolute Gasteiger partial charge is 0.236 e. The van der Waals surface area contributed by atoms with Crippen molar-refractivity contribution in [2.45, 2.75) is 38.1 Å². The summed E-state index contributed by atoms with van der Waals surface area (Å²) in [5, 5.41) is 3.45. The average Bonchev–Trinajstić information content (AvgIpc) is 2.99. The molecular formula is C15H27N3O. The molecule has 4 nitrogen and oxygen atoms in total. The Morgan fingerprint density at radius 1 is 1.16 bits per heavy atom. The molecule has 3 fully saturated rings. The second kappa shape index (κ2) is 5.80. The maximum Gasteiger partial charge on any atom is 0.236 e. The van der Waals surface area contributed by atoms with Gasteiger partial charge in [-0.1, -0.05) is 19.3 Å². The van der Waals surface area contributed by atoms with E-state index >= 15 is 0 Å². The van der Waals surface area contributed by atoms with E-state index in [-0.39, 0.29) is 0 Å². The van der Waals surface area contributed by atoms with Crippen molar-refractivity contribution in [3.63, 3.8) is 0 Å². The highest BCUT2D eigenvalue weighted by molar-refractivity contribution is 5.78. The normalized spacial score (nSPS) is 32.5. The van der Waals surface area contributed by atoms with Crippen LogP contribution in [0.2, 0.25) is 0 Å². The molecule has 1 N–H and O–H groups in total. The maximum atomic E-state index is 12.4. The van der Waals surface area contributed by atoms with Gasteiger partial charge < -0.3 is 10.2 Å². The maximum absolute atomic E-state index is 12.4. The largest absolute Gasteiger partial charge is 0.342 e. The summed E-state index contributed by atoms with van der Waals surface area (Å²) in [7, 11) is 2.01. The van der Waals surface area contributed by atoms with Crippen LogP contribution in [0.15, 0.2) is 0 Å². The number of carbonyl (C=O) groups excluding carboxylic acids is 1. The third kappa shape index (κ3) is 2.95. The van der Waals surface area contributed by atoms with Gasteiger partial charge >= 0.3 is 0 Å². The summed E-state index contributed by atoms with van der Waals surface area (Å²) >= 11 is 0. The van der Waals surface area contributed by atoms with Crippen LogP contribution in [0.4, 0.5) is 0 Å². The molecule has 0 aromatic heterocycles. The molecule has 1 amide bonds. The molecule has 108 valence electrons. The third-order valence-electron chi connectivity index (χ3n) is 5.34. The Morgan fingerprint density at radius 2 is 1.79 bits per heavy atom. The van der Waals surface area contributed by atoms with Crippen molar-refractivity contribution >= 4 is 5.91 Å². The van der Waals surface area contributed by atoms with E-state index in [1.165, 1.54) is 32.1 Å². The first kappa shape index (κ1) is 13.4. The highest BCUT2D eigenvalue weighted by Crippen LogP contribution is 2.26. The topological polar surface area (TPSA) is 35.6 Å². The molecule has 19 heavy (non-hydrogen) atoms. The Kier molecular flexibility index (Phi) is 4.08. The molecular weight excluding hydrogens is 238 g/mol. The zero-order valence-electron chi connectivity index (χ0n) is 12.1. The number of hydrogen-bond donors (Lipinski definition) is 1. The number of nitrogens with one attached hydrogen (secondary N) is 1. The Hall–Kier alpha value is -0.610. The van der Waals surface area contributed by atoms with Gasteiger partial charge in [-0.05, 0) is 37.8 Å².